The van der Waals surface area contributed by atoms with Crippen LogP contribution in [0.1, 0.15) is 59.8 Å². The summed E-state index contributed by atoms with van der Waals surface area (Å²) in [5, 5.41) is 7.06. The average molecular weight is 380 g/mol. The molecule has 1 saturated carbocycles. The van der Waals surface area contributed by atoms with Gasteiger partial charge in [0.2, 0.25) is 0 Å². The number of amides is 1. The summed E-state index contributed by atoms with van der Waals surface area (Å²) in [5.74, 6) is 1.22. The molecule has 5 rings (SSSR count). The third kappa shape index (κ3) is 3.92. The van der Waals surface area contributed by atoms with Crippen molar-refractivity contribution < 1.29 is 9.32 Å². The Hall–Kier alpha value is -2.34. The van der Waals surface area contributed by atoms with E-state index in [0.717, 1.165) is 44.7 Å². The van der Waals surface area contributed by atoms with Gasteiger partial charge in [0.1, 0.15) is 5.76 Å². The predicted molar refractivity (Wildman–Crippen MR) is 108 cm³/mol. The summed E-state index contributed by atoms with van der Waals surface area (Å²) in [7, 11) is 0. The third-order valence-corrected chi connectivity index (χ3v) is 6.16. The van der Waals surface area contributed by atoms with E-state index in [2.05, 4.69) is 44.5 Å². The summed E-state index contributed by atoms with van der Waals surface area (Å²) in [4.78, 5) is 17.3. The first kappa shape index (κ1) is 17.7. The Morgan fingerprint density at radius 3 is 2.64 bits per heavy atom. The number of benzene rings is 1. The summed E-state index contributed by atoms with van der Waals surface area (Å²) in [6, 6.07) is 11.0. The lowest BCUT2D eigenvalue weighted by atomic mass is 10.2. The van der Waals surface area contributed by atoms with Crippen molar-refractivity contribution in [1.82, 2.24) is 15.4 Å². The van der Waals surface area contributed by atoms with Crippen LogP contribution >= 0.6 is 0 Å². The summed E-state index contributed by atoms with van der Waals surface area (Å²) in [6.07, 6.45) is 5.88. The highest BCUT2D eigenvalue weighted by molar-refractivity contribution is 5.92. The van der Waals surface area contributed by atoms with Crippen molar-refractivity contribution in [2.24, 2.45) is 0 Å². The first-order valence-electron chi connectivity index (χ1n) is 10.6. The molecule has 1 N–H and O–H groups in total. The van der Waals surface area contributed by atoms with Gasteiger partial charge in [0.25, 0.3) is 5.91 Å². The van der Waals surface area contributed by atoms with Crippen molar-refractivity contribution in [3.8, 4) is 0 Å². The zero-order chi connectivity index (χ0) is 18.9. The Morgan fingerprint density at radius 1 is 1.11 bits per heavy atom. The van der Waals surface area contributed by atoms with Gasteiger partial charge in [-0.05, 0) is 49.8 Å². The summed E-state index contributed by atoms with van der Waals surface area (Å²) >= 11 is 0. The minimum atomic E-state index is -0.113. The number of aromatic nitrogens is 1. The molecule has 2 aliphatic heterocycles. The monoisotopic (exact) mass is 380 g/mol. The van der Waals surface area contributed by atoms with Crippen molar-refractivity contribution in [2.75, 3.05) is 31.1 Å². The highest BCUT2D eigenvalue weighted by atomic mass is 16.5. The number of carbonyl (C=O) groups is 1. The standard InChI is InChI=1S/C22H28N4O2/c27-22(20-13-21(28-24-20)17-5-6-17)23-18-9-12-25(15-18)14-16-3-7-19(8-4-16)26-10-1-2-11-26/h3-4,7-8,13,17-18H,1-2,5-6,9-12,14-15H2,(H,23,27). The van der Waals surface area contributed by atoms with E-state index in [1.807, 2.05) is 6.07 Å². The molecule has 6 nitrogen and oxygen atoms in total. The van der Waals surface area contributed by atoms with Gasteiger partial charge in [0, 0.05) is 56.4 Å². The number of nitrogens with zero attached hydrogens (tertiary/aromatic N) is 3. The van der Waals surface area contributed by atoms with E-state index in [4.69, 9.17) is 4.52 Å². The molecular formula is C22H28N4O2. The van der Waals surface area contributed by atoms with Crippen molar-refractivity contribution in [2.45, 2.75) is 50.6 Å². The Labute approximate surface area is 165 Å². The Morgan fingerprint density at radius 2 is 1.89 bits per heavy atom. The number of hydrogen-bond donors (Lipinski definition) is 1. The van der Waals surface area contributed by atoms with Crippen LogP contribution in [0.15, 0.2) is 34.9 Å². The fraction of sp³-hybridized carbons (Fsp3) is 0.545. The van der Waals surface area contributed by atoms with Crippen LogP contribution < -0.4 is 10.2 Å². The molecule has 3 aliphatic rings. The van der Waals surface area contributed by atoms with E-state index in [1.54, 1.807) is 0 Å². The minimum Gasteiger partial charge on any atom is -0.372 e. The van der Waals surface area contributed by atoms with Crippen LogP contribution in [0.25, 0.3) is 0 Å². The van der Waals surface area contributed by atoms with Crippen LogP contribution in [-0.4, -0.2) is 48.2 Å². The molecule has 0 bridgehead atoms. The molecule has 1 aliphatic carbocycles. The van der Waals surface area contributed by atoms with Crippen molar-refractivity contribution in [1.29, 1.82) is 0 Å². The summed E-state index contributed by atoms with van der Waals surface area (Å²) in [5.41, 5.74) is 3.09. The van der Waals surface area contributed by atoms with E-state index in [-0.39, 0.29) is 11.9 Å². The Kier molecular flexibility index (Phi) is 4.81. The number of anilines is 1. The highest BCUT2D eigenvalue weighted by Gasteiger charge is 2.30. The molecular weight excluding hydrogens is 352 g/mol. The molecule has 0 radical (unpaired) electrons. The van der Waals surface area contributed by atoms with Gasteiger partial charge in [-0.1, -0.05) is 17.3 Å². The summed E-state index contributed by atoms with van der Waals surface area (Å²) in [6.45, 7) is 5.18. The molecule has 1 unspecified atom stereocenters. The molecule has 0 spiro atoms. The fourth-order valence-electron chi connectivity index (χ4n) is 4.36. The molecule has 2 saturated heterocycles. The average Bonchev–Trinajstić information content (AvgIpc) is 3.13. The maximum Gasteiger partial charge on any atom is 0.273 e. The second kappa shape index (κ2) is 7.59. The Bertz CT molecular complexity index is 821. The van der Waals surface area contributed by atoms with Crippen LogP contribution in [-0.2, 0) is 6.54 Å². The van der Waals surface area contributed by atoms with Crippen LogP contribution in [0.2, 0.25) is 0 Å². The molecule has 1 aromatic carbocycles. The van der Waals surface area contributed by atoms with E-state index < -0.39 is 0 Å². The molecule has 1 amide bonds. The van der Waals surface area contributed by atoms with Crippen molar-refractivity contribution >= 4 is 11.6 Å². The van der Waals surface area contributed by atoms with Crippen LogP contribution in [0, 0.1) is 0 Å². The number of carbonyl (C=O) groups excluding carboxylic acids is 1. The first-order valence-corrected chi connectivity index (χ1v) is 10.6. The normalized spacial score (nSPS) is 22.7. The zero-order valence-electron chi connectivity index (χ0n) is 16.3. The third-order valence-electron chi connectivity index (χ3n) is 6.16. The lowest BCUT2D eigenvalue weighted by Crippen LogP contribution is -2.37. The van der Waals surface area contributed by atoms with E-state index in [1.165, 1.54) is 37.2 Å². The van der Waals surface area contributed by atoms with Crippen molar-refractivity contribution in [3.63, 3.8) is 0 Å². The first-order chi connectivity index (χ1) is 13.7. The predicted octanol–water partition coefficient (Wildman–Crippen LogP) is 3.16. The molecule has 148 valence electrons. The summed E-state index contributed by atoms with van der Waals surface area (Å²) < 4.78 is 5.30. The molecule has 1 aromatic heterocycles. The van der Waals surface area contributed by atoms with Gasteiger partial charge in [-0.3, -0.25) is 9.69 Å². The molecule has 6 heteroatoms. The van der Waals surface area contributed by atoms with Gasteiger partial charge in [0.05, 0.1) is 0 Å². The van der Waals surface area contributed by atoms with Gasteiger partial charge in [-0.25, -0.2) is 0 Å². The van der Waals surface area contributed by atoms with Gasteiger partial charge in [-0.2, -0.15) is 0 Å². The minimum absolute atomic E-state index is 0.113. The molecule has 2 aromatic rings. The van der Waals surface area contributed by atoms with E-state index >= 15 is 0 Å². The van der Waals surface area contributed by atoms with E-state index in [9.17, 15) is 4.79 Å². The largest absolute Gasteiger partial charge is 0.372 e. The van der Waals surface area contributed by atoms with Gasteiger partial charge >= 0.3 is 0 Å². The zero-order valence-corrected chi connectivity index (χ0v) is 16.3. The van der Waals surface area contributed by atoms with E-state index in [0.29, 0.717) is 11.6 Å². The molecule has 28 heavy (non-hydrogen) atoms. The maximum absolute atomic E-state index is 12.4. The lowest BCUT2D eigenvalue weighted by Gasteiger charge is -2.19. The Balaban J connectivity index is 1.12. The fourth-order valence-corrected chi connectivity index (χ4v) is 4.36. The number of likely N-dealkylation sites (tertiary alicyclic amines) is 1. The smallest absolute Gasteiger partial charge is 0.273 e. The van der Waals surface area contributed by atoms with Gasteiger partial charge in [-0.15, -0.1) is 0 Å². The van der Waals surface area contributed by atoms with Crippen LogP contribution in [0.5, 0.6) is 0 Å². The lowest BCUT2D eigenvalue weighted by molar-refractivity contribution is 0.0928. The van der Waals surface area contributed by atoms with Crippen molar-refractivity contribution in [3.05, 3.63) is 47.3 Å². The second-order valence-corrected chi connectivity index (χ2v) is 8.44. The number of nitrogens with one attached hydrogen (secondary N) is 1. The molecule has 1 atom stereocenters. The second-order valence-electron chi connectivity index (χ2n) is 8.44. The SMILES string of the molecule is O=C(NC1CCN(Cc2ccc(N3CCCC3)cc2)C1)c1cc(C2CC2)on1. The van der Waals surface area contributed by atoms with Crippen LogP contribution in [0.3, 0.4) is 0 Å². The van der Waals surface area contributed by atoms with Gasteiger partial charge in [0.15, 0.2) is 5.69 Å². The maximum atomic E-state index is 12.4. The van der Waals surface area contributed by atoms with Gasteiger partial charge < -0.3 is 14.7 Å². The molecule has 3 fully saturated rings. The highest BCUT2D eigenvalue weighted by Crippen LogP contribution is 2.40. The van der Waals surface area contributed by atoms with Crippen LogP contribution in [0.4, 0.5) is 5.69 Å². The number of rotatable bonds is 6. The topological polar surface area (TPSA) is 61.6 Å². The molecule has 3 heterocycles. The quantitative estimate of drug-likeness (QED) is 0.834. The number of hydrogen-bond acceptors (Lipinski definition) is 5.